The number of aromatic nitrogens is 1. The van der Waals surface area contributed by atoms with Crippen molar-refractivity contribution >= 4 is 0 Å². The molecule has 1 atom stereocenters. The lowest BCUT2D eigenvalue weighted by molar-refractivity contribution is 0.405. The van der Waals surface area contributed by atoms with Crippen molar-refractivity contribution < 1.29 is 4.74 Å². The van der Waals surface area contributed by atoms with E-state index >= 15 is 0 Å². The summed E-state index contributed by atoms with van der Waals surface area (Å²) in [6, 6.07) is 10.4. The number of pyridine rings is 1. The van der Waals surface area contributed by atoms with Gasteiger partial charge in [0, 0.05) is 11.4 Å². The van der Waals surface area contributed by atoms with E-state index in [9.17, 15) is 0 Å². The second kappa shape index (κ2) is 6.70. The molecule has 3 N–H and O–H groups in total. The van der Waals surface area contributed by atoms with Crippen LogP contribution in [0.4, 0.5) is 0 Å². The number of hydrazine groups is 1. The van der Waals surface area contributed by atoms with Gasteiger partial charge in [-0.15, -0.1) is 0 Å². The minimum absolute atomic E-state index is 0.0288. The number of hydrogen-bond acceptors (Lipinski definition) is 4. The van der Waals surface area contributed by atoms with Gasteiger partial charge in [0.05, 0.1) is 13.2 Å². The number of benzene rings is 1. The van der Waals surface area contributed by atoms with E-state index < -0.39 is 0 Å². The van der Waals surface area contributed by atoms with Gasteiger partial charge in [0.2, 0.25) is 0 Å². The Labute approximate surface area is 126 Å². The smallest absolute Gasteiger partial charge is 0.122 e. The molecule has 0 spiro atoms. The van der Waals surface area contributed by atoms with E-state index in [1.165, 1.54) is 5.56 Å². The van der Waals surface area contributed by atoms with Crippen molar-refractivity contribution in [2.75, 3.05) is 7.11 Å². The van der Waals surface area contributed by atoms with Crippen LogP contribution < -0.4 is 16.0 Å². The molecule has 0 aliphatic rings. The summed E-state index contributed by atoms with van der Waals surface area (Å²) in [5.41, 5.74) is 8.41. The zero-order valence-corrected chi connectivity index (χ0v) is 13.1. The highest BCUT2D eigenvalue weighted by molar-refractivity contribution is 5.38. The van der Waals surface area contributed by atoms with Crippen molar-refractivity contribution in [3.63, 3.8) is 0 Å². The van der Waals surface area contributed by atoms with Crippen LogP contribution in [0.5, 0.6) is 5.75 Å². The molecule has 112 valence electrons. The fraction of sp³-hybridized carbons (Fsp3) is 0.353. The van der Waals surface area contributed by atoms with E-state index in [1.54, 1.807) is 7.11 Å². The van der Waals surface area contributed by atoms with Crippen molar-refractivity contribution in [1.29, 1.82) is 0 Å². The van der Waals surface area contributed by atoms with Crippen molar-refractivity contribution in [2.45, 2.75) is 33.2 Å². The molecule has 0 radical (unpaired) electrons. The number of methoxy groups -OCH3 is 1. The molecule has 4 heteroatoms. The van der Waals surface area contributed by atoms with Crippen LogP contribution in [0.1, 0.15) is 34.1 Å². The average molecular weight is 285 g/mol. The third-order valence-electron chi connectivity index (χ3n) is 3.57. The van der Waals surface area contributed by atoms with Crippen LogP contribution in [0, 0.1) is 20.8 Å². The summed E-state index contributed by atoms with van der Waals surface area (Å²) in [7, 11) is 1.69. The molecule has 1 aromatic carbocycles. The number of aryl methyl sites for hydroxylation is 3. The van der Waals surface area contributed by atoms with E-state index in [1.807, 2.05) is 26.0 Å². The maximum Gasteiger partial charge on any atom is 0.122 e. The Kier molecular flexibility index (Phi) is 4.94. The average Bonchev–Trinajstić information content (AvgIpc) is 2.43. The fourth-order valence-corrected chi connectivity index (χ4v) is 2.63. The van der Waals surface area contributed by atoms with Crippen LogP contribution in [0.25, 0.3) is 0 Å². The molecule has 0 aliphatic heterocycles. The Morgan fingerprint density at radius 3 is 2.38 bits per heavy atom. The van der Waals surface area contributed by atoms with E-state index in [0.717, 1.165) is 34.7 Å². The fourth-order valence-electron chi connectivity index (χ4n) is 2.63. The summed E-state index contributed by atoms with van der Waals surface area (Å²) in [4.78, 5) is 4.41. The van der Waals surface area contributed by atoms with E-state index in [0.29, 0.717) is 0 Å². The molecule has 0 bridgehead atoms. The molecule has 0 fully saturated rings. The molecule has 0 aliphatic carbocycles. The summed E-state index contributed by atoms with van der Waals surface area (Å²) in [6.45, 7) is 6.07. The highest BCUT2D eigenvalue weighted by Crippen LogP contribution is 2.26. The Hall–Kier alpha value is -1.91. The first kappa shape index (κ1) is 15.5. The molecule has 2 aromatic rings. The maximum atomic E-state index is 5.77. The lowest BCUT2D eigenvalue weighted by atomic mass is 9.97. The molecule has 21 heavy (non-hydrogen) atoms. The van der Waals surface area contributed by atoms with Crippen molar-refractivity contribution in [1.82, 2.24) is 10.4 Å². The predicted octanol–water partition coefficient (Wildman–Crippen LogP) is 2.76. The van der Waals surface area contributed by atoms with Crippen LogP contribution in [-0.2, 0) is 6.42 Å². The Morgan fingerprint density at radius 1 is 1.14 bits per heavy atom. The molecule has 0 amide bonds. The zero-order valence-electron chi connectivity index (χ0n) is 13.1. The number of nitrogens with two attached hydrogens (primary N) is 1. The van der Waals surface area contributed by atoms with Gasteiger partial charge >= 0.3 is 0 Å². The number of nitrogens with one attached hydrogen (secondary N) is 1. The highest BCUT2D eigenvalue weighted by atomic mass is 16.5. The molecule has 4 nitrogen and oxygen atoms in total. The first-order chi connectivity index (χ1) is 10.0. The zero-order chi connectivity index (χ0) is 15.4. The molecular formula is C17H23N3O. The quantitative estimate of drug-likeness (QED) is 0.655. The van der Waals surface area contributed by atoms with Crippen LogP contribution in [0.2, 0.25) is 0 Å². The summed E-state index contributed by atoms with van der Waals surface area (Å²) >= 11 is 0. The third kappa shape index (κ3) is 3.80. The monoisotopic (exact) mass is 285 g/mol. The van der Waals surface area contributed by atoms with Gasteiger partial charge in [0.15, 0.2) is 0 Å². The molecule has 0 saturated heterocycles. The number of rotatable bonds is 5. The van der Waals surface area contributed by atoms with Crippen molar-refractivity contribution in [3.8, 4) is 5.75 Å². The van der Waals surface area contributed by atoms with Crippen LogP contribution in [0.15, 0.2) is 30.3 Å². The first-order valence-corrected chi connectivity index (χ1v) is 7.08. The summed E-state index contributed by atoms with van der Waals surface area (Å²) in [6.07, 6.45) is 0.768. The first-order valence-electron chi connectivity index (χ1n) is 7.08. The van der Waals surface area contributed by atoms with E-state index in [-0.39, 0.29) is 6.04 Å². The second-order valence-electron chi connectivity index (χ2n) is 5.42. The van der Waals surface area contributed by atoms with Gasteiger partial charge in [-0.2, -0.15) is 0 Å². The lowest BCUT2D eigenvalue weighted by Gasteiger charge is -2.19. The van der Waals surface area contributed by atoms with Gasteiger partial charge in [0.25, 0.3) is 0 Å². The Bertz CT molecular complexity index is 605. The molecular weight excluding hydrogens is 262 g/mol. The topological polar surface area (TPSA) is 60.2 Å². The van der Waals surface area contributed by atoms with Gasteiger partial charge in [-0.25, -0.2) is 0 Å². The SMILES string of the molecule is COc1ccc(C)cc1CC(NN)c1cc(C)nc(C)c1. The number of hydrogen-bond donors (Lipinski definition) is 2. The third-order valence-corrected chi connectivity index (χ3v) is 3.57. The van der Waals surface area contributed by atoms with Crippen LogP contribution in [0.3, 0.4) is 0 Å². The Morgan fingerprint density at radius 2 is 1.81 bits per heavy atom. The lowest BCUT2D eigenvalue weighted by Crippen LogP contribution is -2.30. The van der Waals surface area contributed by atoms with Crippen molar-refractivity contribution in [3.05, 3.63) is 58.4 Å². The van der Waals surface area contributed by atoms with Gasteiger partial charge in [-0.1, -0.05) is 17.7 Å². The van der Waals surface area contributed by atoms with E-state index in [4.69, 9.17) is 10.6 Å². The minimum atomic E-state index is 0.0288. The number of nitrogens with zero attached hydrogens (tertiary/aromatic N) is 1. The summed E-state index contributed by atoms with van der Waals surface area (Å²) in [5, 5.41) is 0. The van der Waals surface area contributed by atoms with Crippen molar-refractivity contribution in [2.24, 2.45) is 5.84 Å². The Balaban J connectivity index is 2.32. The summed E-state index contributed by atoms with van der Waals surface area (Å²) in [5.74, 6) is 6.66. The summed E-state index contributed by atoms with van der Waals surface area (Å²) < 4.78 is 5.45. The highest BCUT2D eigenvalue weighted by Gasteiger charge is 2.15. The van der Waals surface area contributed by atoms with Gasteiger partial charge in [-0.05, 0) is 56.5 Å². The van der Waals surface area contributed by atoms with Gasteiger partial charge in [-0.3, -0.25) is 16.3 Å². The standard InChI is InChI=1S/C17H23N3O/c1-11-5-6-17(21-4)15(7-11)10-16(20-18)14-8-12(2)19-13(3)9-14/h5-9,16,20H,10,18H2,1-4H3. The van der Waals surface area contributed by atoms with Crippen LogP contribution >= 0.6 is 0 Å². The largest absolute Gasteiger partial charge is 0.496 e. The molecule has 1 aromatic heterocycles. The molecule has 2 rings (SSSR count). The minimum Gasteiger partial charge on any atom is -0.496 e. The maximum absolute atomic E-state index is 5.77. The molecule has 1 heterocycles. The number of ether oxygens (including phenoxy) is 1. The predicted molar refractivity (Wildman–Crippen MR) is 85.2 cm³/mol. The van der Waals surface area contributed by atoms with Gasteiger partial charge < -0.3 is 4.74 Å². The second-order valence-corrected chi connectivity index (χ2v) is 5.42. The molecule has 0 saturated carbocycles. The van der Waals surface area contributed by atoms with Gasteiger partial charge in [0.1, 0.15) is 5.75 Å². The van der Waals surface area contributed by atoms with Crippen LogP contribution in [-0.4, -0.2) is 12.1 Å². The molecule has 1 unspecified atom stereocenters. The normalized spacial score (nSPS) is 12.2. The van der Waals surface area contributed by atoms with E-state index in [2.05, 4.69) is 35.5 Å².